The highest BCUT2D eigenvalue weighted by molar-refractivity contribution is 9.10. The Bertz CT molecular complexity index is 659. The van der Waals surface area contributed by atoms with Crippen LogP contribution in [0, 0.1) is 6.92 Å². The van der Waals surface area contributed by atoms with Gasteiger partial charge in [-0.15, -0.1) is 0 Å². The molecule has 0 radical (unpaired) electrons. The summed E-state index contributed by atoms with van der Waals surface area (Å²) in [5, 5.41) is 0.0278. The minimum absolute atomic E-state index is 0.0278. The summed E-state index contributed by atoms with van der Waals surface area (Å²) in [6, 6.07) is 6.57. The number of nitrogens with zero attached hydrogens (tertiary/aromatic N) is 1. The minimum Gasteiger partial charge on any atom is -0.297 e. The van der Waals surface area contributed by atoms with Crippen LogP contribution in [-0.2, 0) is 0 Å². The monoisotopic (exact) mass is 314 g/mol. The minimum atomic E-state index is -0.561. The lowest BCUT2D eigenvalue weighted by Crippen LogP contribution is -2.33. The van der Waals surface area contributed by atoms with Crippen molar-refractivity contribution in [2.75, 3.05) is 0 Å². The van der Waals surface area contributed by atoms with Gasteiger partial charge >= 0.3 is 5.69 Å². The Hall–Kier alpha value is -1.33. The third kappa shape index (κ3) is 2.35. The van der Waals surface area contributed by atoms with Gasteiger partial charge in [0.1, 0.15) is 5.15 Å². The van der Waals surface area contributed by atoms with Crippen molar-refractivity contribution in [2.24, 2.45) is 0 Å². The highest BCUT2D eigenvalue weighted by Crippen LogP contribution is 2.19. The lowest BCUT2D eigenvalue weighted by molar-refractivity contribution is 0.871. The number of H-pyrrole nitrogens is 1. The highest BCUT2D eigenvalue weighted by Gasteiger charge is 2.09. The van der Waals surface area contributed by atoms with Crippen LogP contribution < -0.4 is 11.2 Å². The van der Waals surface area contributed by atoms with Crippen LogP contribution in [0.15, 0.2) is 38.3 Å². The predicted octanol–water partition coefficient (Wildman–Crippen LogP) is 2.25. The van der Waals surface area contributed by atoms with Gasteiger partial charge in [0.15, 0.2) is 0 Å². The van der Waals surface area contributed by atoms with Gasteiger partial charge in [-0.05, 0) is 40.5 Å². The summed E-state index contributed by atoms with van der Waals surface area (Å²) in [6.45, 7) is 1.88. The Balaban J connectivity index is 2.82. The van der Waals surface area contributed by atoms with E-state index >= 15 is 0 Å². The number of rotatable bonds is 1. The first kappa shape index (κ1) is 12.1. The quantitative estimate of drug-likeness (QED) is 0.821. The molecule has 17 heavy (non-hydrogen) atoms. The van der Waals surface area contributed by atoms with Crippen LogP contribution in [0.4, 0.5) is 0 Å². The topological polar surface area (TPSA) is 54.9 Å². The first-order valence-electron chi connectivity index (χ1n) is 4.77. The van der Waals surface area contributed by atoms with Crippen LogP contribution in [0.3, 0.4) is 0 Å². The summed E-state index contributed by atoms with van der Waals surface area (Å²) in [5.74, 6) is 0. The predicted molar refractivity (Wildman–Crippen MR) is 70.1 cm³/mol. The van der Waals surface area contributed by atoms with Crippen molar-refractivity contribution in [1.82, 2.24) is 9.55 Å². The molecule has 0 saturated heterocycles. The Kier molecular flexibility index (Phi) is 3.22. The van der Waals surface area contributed by atoms with Crippen molar-refractivity contribution in [1.29, 1.82) is 0 Å². The van der Waals surface area contributed by atoms with Crippen LogP contribution in [-0.4, -0.2) is 9.55 Å². The van der Waals surface area contributed by atoms with E-state index in [4.69, 9.17) is 11.6 Å². The van der Waals surface area contributed by atoms with Gasteiger partial charge < -0.3 is 0 Å². The maximum absolute atomic E-state index is 11.8. The lowest BCUT2D eigenvalue weighted by atomic mass is 10.2. The Labute approximate surface area is 110 Å². The molecular weight excluding hydrogens is 307 g/mol. The molecule has 0 fully saturated rings. The smallest absolute Gasteiger partial charge is 0.297 e. The fourth-order valence-electron chi connectivity index (χ4n) is 1.49. The Morgan fingerprint density at radius 3 is 2.65 bits per heavy atom. The number of benzene rings is 1. The summed E-state index contributed by atoms with van der Waals surface area (Å²) >= 11 is 8.91. The van der Waals surface area contributed by atoms with Crippen molar-refractivity contribution in [3.05, 3.63) is 60.3 Å². The largest absolute Gasteiger partial charge is 0.334 e. The number of halogens is 2. The van der Waals surface area contributed by atoms with E-state index in [-0.39, 0.29) is 5.15 Å². The van der Waals surface area contributed by atoms with Gasteiger partial charge in [0.25, 0.3) is 5.56 Å². The SMILES string of the molecule is Cc1ccc(Br)c(-n2c(=O)cc(Cl)[nH]c2=O)c1. The normalized spacial score (nSPS) is 10.5. The van der Waals surface area contributed by atoms with E-state index in [2.05, 4.69) is 20.9 Å². The molecule has 0 bridgehead atoms. The van der Waals surface area contributed by atoms with E-state index < -0.39 is 11.2 Å². The molecule has 0 aliphatic rings. The average Bonchev–Trinajstić information content (AvgIpc) is 2.21. The van der Waals surface area contributed by atoms with Gasteiger partial charge in [-0.3, -0.25) is 9.78 Å². The number of hydrogen-bond acceptors (Lipinski definition) is 2. The number of aryl methyl sites for hydroxylation is 1. The van der Waals surface area contributed by atoms with Crippen molar-refractivity contribution in [3.63, 3.8) is 0 Å². The fraction of sp³-hybridized carbons (Fsp3) is 0.0909. The van der Waals surface area contributed by atoms with Crippen LogP contribution in [0.25, 0.3) is 5.69 Å². The molecule has 1 aromatic heterocycles. The lowest BCUT2D eigenvalue weighted by Gasteiger charge is -2.07. The second-order valence-electron chi connectivity index (χ2n) is 3.55. The molecule has 4 nitrogen and oxygen atoms in total. The summed E-state index contributed by atoms with van der Waals surface area (Å²) in [5.41, 5.74) is 0.413. The van der Waals surface area contributed by atoms with Gasteiger partial charge in [0.05, 0.1) is 5.69 Å². The van der Waals surface area contributed by atoms with E-state index in [0.717, 1.165) is 16.2 Å². The zero-order valence-electron chi connectivity index (χ0n) is 8.83. The molecule has 1 aromatic carbocycles. The summed E-state index contributed by atoms with van der Waals surface area (Å²) in [7, 11) is 0. The van der Waals surface area contributed by atoms with Crippen LogP contribution in [0.5, 0.6) is 0 Å². The zero-order chi connectivity index (χ0) is 12.6. The summed E-state index contributed by atoms with van der Waals surface area (Å²) in [6.07, 6.45) is 0. The maximum atomic E-state index is 11.8. The van der Waals surface area contributed by atoms with E-state index in [0.29, 0.717) is 10.2 Å². The Morgan fingerprint density at radius 2 is 2.00 bits per heavy atom. The van der Waals surface area contributed by atoms with Crippen LogP contribution >= 0.6 is 27.5 Å². The molecule has 2 rings (SSSR count). The van der Waals surface area contributed by atoms with Crippen LogP contribution in [0.2, 0.25) is 5.15 Å². The molecule has 88 valence electrons. The van der Waals surface area contributed by atoms with Gasteiger partial charge in [0, 0.05) is 10.5 Å². The summed E-state index contributed by atoms with van der Waals surface area (Å²) < 4.78 is 1.70. The highest BCUT2D eigenvalue weighted by atomic mass is 79.9. The molecule has 1 N–H and O–H groups in total. The van der Waals surface area contributed by atoms with Crippen molar-refractivity contribution < 1.29 is 0 Å². The number of aromatic amines is 1. The molecule has 0 unspecified atom stereocenters. The molecule has 0 spiro atoms. The van der Waals surface area contributed by atoms with E-state index in [1.807, 2.05) is 13.0 Å². The molecular formula is C11H8BrClN2O2. The standard InChI is InChI=1S/C11H8BrClN2O2/c1-6-2-3-7(12)8(4-6)15-10(16)5-9(13)14-11(15)17/h2-5H,1H3,(H,14,17). The molecule has 0 aliphatic carbocycles. The molecule has 1 heterocycles. The Morgan fingerprint density at radius 1 is 1.29 bits per heavy atom. The molecule has 0 amide bonds. The van der Waals surface area contributed by atoms with Gasteiger partial charge in [-0.2, -0.15) is 0 Å². The number of hydrogen-bond donors (Lipinski definition) is 1. The second kappa shape index (κ2) is 4.50. The van der Waals surface area contributed by atoms with Gasteiger partial charge in [0.2, 0.25) is 0 Å². The summed E-state index contributed by atoms with van der Waals surface area (Å²) in [4.78, 5) is 25.9. The first-order valence-corrected chi connectivity index (χ1v) is 5.94. The molecule has 6 heteroatoms. The number of nitrogens with one attached hydrogen (secondary N) is 1. The van der Waals surface area contributed by atoms with E-state index in [9.17, 15) is 9.59 Å². The average molecular weight is 316 g/mol. The molecule has 0 saturated carbocycles. The first-order chi connectivity index (χ1) is 7.99. The maximum Gasteiger partial charge on any atom is 0.334 e. The molecule has 0 aliphatic heterocycles. The third-order valence-corrected chi connectivity index (χ3v) is 3.12. The van der Waals surface area contributed by atoms with Gasteiger partial charge in [-0.1, -0.05) is 17.7 Å². The molecule has 0 atom stereocenters. The van der Waals surface area contributed by atoms with Crippen molar-refractivity contribution >= 4 is 27.5 Å². The zero-order valence-corrected chi connectivity index (χ0v) is 11.2. The van der Waals surface area contributed by atoms with Crippen LogP contribution in [0.1, 0.15) is 5.56 Å². The third-order valence-electron chi connectivity index (χ3n) is 2.24. The van der Waals surface area contributed by atoms with Gasteiger partial charge in [-0.25, -0.2) is 9.36 Å². The van der Waals surface area contributed by atoms with E-state index in [1.165, 1.54) is 0 Å². The molecule has 2 aromatic rings. The number of aromatic nitrogens is 2. The van der Waals surface area contributed by atoms with Crippen molar-refractivity contribution in [2.45, 2.75) is 6.92 Å². The fourth-order valence-corrected chi connectivity index (χ4v) is 2.09. The van der Waals surface area contributed by atoms with E-state index in [1.54, 1.807) is 12.1 Å². The second-order valence-corrected chi connectivity index (χ2v) is 4.81. The van der Waals surface area contributed by atoms with Crippen molar-refractivity contribution in [3.8, 4) is 5.69 Å².